The van der Waals surface area contributed by atoms with Crippen LogP contribution in [0.1, 0.15) is 50.5 Å². The minimum atomic E-state index is -4.26. The molecule has 13 nitrogen and oxygen atoms in total. The van der Waals surface area contributed by atoms with Gasteiger partial charge in [-0.2, -0.15) is 9.03 Å². The number of sulfonamides is 2. The maximum absolute atomic E-state index is 13.1. The monoisotopic (exact) mass is 895 g/mol. The molecule has 0 amide bonds. The van der Waals surface area contributed by atoms with Crippen LogP contribution in [-0.2, 0) is 31.3 Å². The van der Waals surface area contributed by atoms with Crippen molar-refractivity contribution in [1.29, 1.82) is 0 Å². The van der Waals surface area contributed by atoms with E-state index in [1.165, 1.54) is 36.5 Å². The van der Waals surface area contributed by atoms with Gasteiger partial charge in [0.05, 0.1) is 9.40 Å². The highest BCUT2D eigenvalue weighted by Crippen LogP contribution is 2.38. The quantitative estimate of drug-likeness (QED) is 0.131. The van der Waals surface area contributed by atoms with Crippen LogP contribution in [0.3, 0.4) is 0 Å². The molecule has 1 unspecified atom stereocenters. The van der Waals surface area contributed by atoms with Gasteiger partial charge in [0.25, 0.3) is 15.7 Å². The first kappa shape index (κ1) is 39.0. The van der Waals surface area contributed by atoms with Crippen molar-refractivity contribution in [3.05, 3.63) is 71.6 Å². The number of anilines is 1. The van der Waals surface area contributed by atoms with Crippen molar-refractivity contribution in [2.45, 2.75) is 66.5 Å². The van der Waals surface area contributed by atoms with Gasteiger partial charge in [0.1, 0.15) is 25.3 Å². The number of rotatable bonds is 14. The maximum atomic E-state index is 13.1. The number of hydrogen-bond donors (Lipinski definition) is 2. The summed E-state index contributed by atoms with van der Waals surface area (Å²) in [5.74, 6) is 0.281. The van der Waals surface area contributed by atoms with Crippen molar-refractivity contribution in [3.8, 4) is 0 Å². The highest BCUT2D eigenvalue weighted by molar-refractivity contribution is 9.11. The number of carboxylic acid groups (broad SMARTS) is 1. The summed E-state index contributed by atoms with van der Waals surface area (Å²) in [6.45, 7) is 2.55. The van der Waals surface area contributed by atoms with E-state index < -0.39 is 37.0 Å². The van der Waals surface area contributed by atoms with Crippen LogP contribution in [0.15, 0.2) is 60.6 Å². The molecule has 2 aliphatic heterocycles. The van der Waals surface area contributed by atoms with Gasteiger partial charge in [0.15, 0.2) is 0 Å². The lowest BCUT2D eigenvalue weighted by Crippen LogP contribution is -2.42. The minimum absolute atomic E-state index is 0.155. The van der Waals surface area contributed by atoms with Gasteiger partial charge in [-0.15, -0.1) is 11.3 Å². The lowest BCUT2D eigenvalue weighted by atomic mass is 9.87. The van der Waals surface area contributed by atoms with E-state index in [0.29, 0.717) is 49.6 Å². The predicted octanol–water partition coefficient (Wildman–Crippen LogP) is 6.69. The highest BCUT2D eigenvalue weighted by Gasteiger charge is 2.32. The van der Waals surface area contributed by atoms with E-state index >= 15 is 0 Å². The van der Waals surface area contributed by atoms with Gasteiger partial charge in [0, 0.05) is 49.0 Å². The van der Waals surface area contributed by atoms with Crippen LogP contribution in [0.25, 0.3) is 0 Å². The number of nitro groups is 1. The molecule has 2 aliphatic rings. The molecule has 2 fully saturated rings. The molecular weight excluding hydrogens is 862 g/mol. The molecule has 50 heavy (non-hydrogen) atoms. The van der Waals surface area contributed by atoms with E-state index in [1.807, 2.05) is 0 Å². The van der Waals surface area contributed by atoms with Gasteiger partial charge in [-0.25, -0.2) is 21.8 Å². The largest absolute Gasteiger partial charge is 0.480 e. The number of carbonyl (C=O) groups is 1. The molecule has 2 N–H and O–H groups in total. The highest BCUT2D eigenvalue weighted by atomic mass is 79.9. The summed E-state index contributed by atoms with van der Waals surface area (Å²) >= 11 is 13.9. The number of pyridine rings is 1. The zero-order chi connectivity index (χ0) is 36.2. The molecule has 0 saturated carbocycles. The Hall–Kier alpha value is -2.19. The van der Waals surface area contributed by atoms with Crippen molar-refractivity contribution in [2.75, 3.05) is 31.1 Å². The maximum Gasteiger partial charge on any atom is 0.322 e. The Morgan fingerprint density at radius 1 is 1.02 bits per heavy atom. The molecule has 0 radical (unpaired) electrons. The smallest absolute Gasteiger partial charge is 0.322 e. The molecule has 2 aromatic heterocycles. The number of thiophene rings is 1. The number of non-ortho nitro benzene ring substituents is 1. The van der Waals surface area contributed by atoms with Crippen LogP contribution in [-0.4, -0.2) is 74.3 Å². The predicted molar refractivity (Wildman–Crippen MR) is 198 cm³/mol. The molecule has 1 aromatic carbocycles. The fraction of sp³-hybridized carbons (Fsp3) is 0.484. The third-order valence-electron chi connectivity index (χ3n) is 9.22. The second-order valence-corrected chi connectivity index (χ2v) is 19.8. The molecule has 5 rings (SSSR count). The average Bonchev–Trinajstić information content (AvgIpc) is 3.43. The van der Waals surface area contributed by atoms with Gasteiger partial charge >= 0.3 is 5.97 Å². The van der Waals surface area contributed by atoms with Crippen LogP contribution >= 0.6 is 54.8 Å². The summed E-state index contributed by atoms with van der Waals surface area (Å²) in [5, 5.41) is 20.6. The Balaban J connectivity index is 1.07. The van der Waals surface area contributed by atoms with Crippen LogP contribution in [0, 0.1) is 22.0 Å². The zero-order valence-corrected chi connectivity index (χ0v) is 33.1. The number of nitrogens with zero attached hydrogens (tertiary/aromatic N) is 4. The second-order valence-electron chi connectivity index (χ2n) is 12.5. The average molecular weight is 898 g/mol. The first-order valence-corrected chi connectivity index (χ1v) is 21.7. The first-order chi connectivity index (χ1) is 23.6. The number of aliphatic carboxylic acids is 1. The number of benzene rings is 1. The Bertz CT molecular complexity index is 1900. The van der Waals surface area contributed by atoms with Crippen molar-refractivity contribution in [1.82, 2.24) is 14.0 Å². The molecule has 1 atom stereocenters. The molecule has 2 saturated heterocycles. The molecule has 4 heterocycles. The lowest BCUT2D eigenvalue weighted by molar-refractivity contribution is -0.384. The third-order valence-corrected chi connectivity index (χ3v) is 16.1. The summed E-state index contributed by atoms with van der Waals surface area (Å²) in [6.07, 6.45) is 7.87. The Labute approximate surface area is 316 Å². The number of piperidine rings is 2. The number of halogens is 3. The number of hydrogen-bond acceptors (Lipinski definition) is 10. The molecule has 0 spiro atoms. The van der Waals surface area contributed by atoms with Crippen molar-refractivity contribution in [3.63, 3.8) is 0 Å². The summed E-state index contributed by atoms with van der Waals surface area (Å²) in [7, 11) is -7.79. The summed E-state index contributed by atoms with van der Waals surface area (Å²) in [4.78, 5) is 28.6. The Morgan fingerprint density at radius 3 is 2.14 bits per heavy atom. The van der Waals surface area contributed by atoms with E-state index in [1.54, 1.807) is 10.4 Å². The number of aromatic nitrogens is 1. The molecule has 19 heteroatoms. The number of nitro benzene ring substituents is 1. The van der Waals surface area contributed by atoms with Gasteiger partial charge < -0.3 is 10.0 Å². The molecule has 0 aliphatic carbocycles. The summed E-state index contributed by atoms with van der Waals surface area (Å²) in [6, 6.07) is 6.73. The topological polar surface area (TPSA) is 180 Å². The van der Waals surface area contributed by atoms with Crippen molar-refractivity contribution < 1.29 is 31.7 Å². The zero-order valence-electron chi connectivity index (χ0n) is 26.7. The lowest BCUT2D eigenvalue weighted by Gasteiger charge is -2.34. The van der Waals surface area contributed by atoms with Crippen LogP contribution in [0.5, 0.6) is 0 Å². The van der Waals surface area contributed by atoms with E-state index in [-0.39, 0.29) is 21.2 Å². The fourth-order valence-corrected chi connectivity index (χ4v) is 12.2. The summed E-state index contributed by atoms with van der Waals surface area (Å²) in [5.41, 5.74) is 0.268. The van der Waals surface area contributed by atoms with Crippen LogP contribution < -0.4 is 9.62 Å². The first-order valence-electron chi connectivity index (χ1n) is 16.0. The standard InChI is InChI=1S/C31H36Br2ClN5O8S3/c32-25-18-28(48-29(25)34)50(46,47)38-14-10-21(11-15-38)3-1-2-20-8-12-37(13-9-20)30-26(33)17-24(19-35-30)49(44,45)36-27(31(40)41)16-22-4-6-23(7-5-22)39(42)43/h4-7,17-21,27,36H,1-3,8-16H2,(H,40,41). The molecular formula is C31H36Br2ClN5O8S3. The van der Waals surface area contributed by atoms with Crippen molar-refractivity contribution in [2.24, 2.45) is 11.8 Å². The van der Waals surface area contributed by atoms with Gasteiger partial charge in [-0.1, -0.05) is 43.0 Å². The Morgan fingerprint density at radius 2 is 1.62 bits per heavy atom. The van der Waals surface area contributed by atoms with E-state index in [0.717, 1.165) is 69.4 Å². The van der Waals surface area contributed by atoms with Gasteiger partial charge in [0.2, 0.25) is 10.0 Å². The fourth-order valence-electron chi connectivity index (χ4n) is 6.37. The Kier molecular flexibility index (Phi) is 13.0. The molecule has 0 bridgehead atoms. The van der Waals surface area contributed by atoms with E-state index in [2.05, 4.69) is 46.5 Å². The second kappa shape index (κ2) is 16.7. The molecule has 272 valence electrons. The van der Waals surface area contributed by atoms with Crippen LogP contribution in [0.4, 0.5) is 11.5 Å². The SMILES string of the molecule is O=C(O)C(Cc1ccc([N+](=O)[O-])cc1)NS(=O)(=O)c1cnc(N2CCC(CCCC3CCN(S(=O)(=O)c4cc(Br)c(Cl)s4)CC3)CC2)c(Br)c1. The number of nitrogens with one attached hydrogen (secondary N) is 1. The number of carboxylic acids is 1. The van der Waals surface area contributed by atoms with E-state index in [9.17, 15) is 36.9 Å². The van der Waals surface area contributed by atoms with E-state index in [4.69, 9.17) is 11.6 Å². The van der Waals surface area contributed by atoms with Gasteiger partial charge in [-0.3, -0.25) is 14.9 Å². The van der Waals surface area contributed by atoms with Gasteiger partial charge in [-0.05, 0) is 93.5 Å². The summed E-state index contributed by atoms with van der Waals surface area (Å²) < 4.78 is 57.8. The van der Waals surface area contributed by atoms with Crippen molar-refractivity contribution >= 4 is 92.3 Å². The minimum Gasteiger partial charge on any atom is -0.480 e. The normalized spacial score (nSPS) is 17.5. The van der Waals surface area contributed by atoms with Crippen LogP contribution in [0.2, 0.25) is 4.34 Å². The molecule has 3 aromatic rings. The third kappa shape index (κ3) is 9.61.